The molecule has 1 N–H and O–H groups in total. The van der Waals surface area contributed by atoms with E-state index in [0.29, 0.717) is 12.5 Å². The van der Waals surface area contributed by atoms with E-state index in [-0.39, 0.29) is 24.7 Å². The Kier molecular flexibility index (Phi) is 4.87. The Bertz CT molecular complexity index is 598. The molecule has 1 aromatic carbocycles. The first-order valence-corrected chi connectivity index (χ1v) is 8.41. The van der Waals surface area contributed by atoms with Crippen molar-refractivity contribution in [3.63, 3.8) is 0 Å². The largest absolute Gasteiger partial charge is 0.480 e. The van der Waals surface area contributed by atoms with E-state index < -0.39 is 5.97 Å². The van der Waals surface area contributed by atoms with Gasteiger partial charge in [-0.1, -0.05) is 18.2 Å². The molecule has 2 saturated heterocycles. The van der Waals surface area contributed by atoms with Gasteiger partial charge in [-0.2, -0.15) is 0 Å². The minimum Gasteiger partial charge on any atom is -0.480 e. The predicted molar refractivity (Wildman–Crippen MR) is 90.0 cm³/mol. The number of ether oxygens (including phenoxy) is 1. The van der Waals surface area contributed by atoms with E-state index in [4.69, 9.17) is 9.84 Å². The fraction of sp³-hybridized carbons (Fsp3) is 0.556. The van der Waals surface area contributed by atoms with Crippen molar-refractivity contribution in [1.29, 1.82) is 0 Å². The molecule has 0 aliphatic carbocycles. The molecule has 1 amide bonds. The Morgan fingerprint density at radius 2 is 1.96 bits per heavy atom. The highest BCUT2D eigenvalue weighted by Gasteiger charge is 2.43. The molecule has 6 heteroatoms. The SMILES string of the molecule is C[C@@]1(C2CCN(CC(=O)O)CC2)CN(c2ccccc2)C(=O)CO1. The molecule has 6 nitrogen and oxygen atoms in total. The number of morpholine rings is 1. The number of carboxylic acids is 1. The summed E-state index contributed by atoms with van der Waals surface area (Å²) in [5.41, 5.74) is 0.513. The summed E-state index contributed by atoms with van der Waals surface area (Å²) in [5.74, 6) is -0.474. The van der Waals surface area contributed by atoms with Gasteiger partial charge in [0.05, 0.1) is 18.7 Å². The lowest BCUT2D eigenvalue weighted by Crippen LogP contribution is -2.58. The van der Waals surface area contributed by atoms with Crippen molar-refractivity contribution in [2.24, 2.45) is 5.92 Å². The summed E-state index contributed by atoms with van der Waals surface area (Å²) in [4.78, 5) is 26.9. The van der Waals surface area contributed by atoms with Crippen molar-refractivity contribution >= 4 is 17.6 Å². The Balaban J connectivity index is 1.67. The molecular formula is C18H24N2O4. The van der Waals surface area contributed by atoms with Crippen molar-refractivity contribution in [3.8, 4) is 0 Å². The Labute approximate surface area is 142 Å². The highest BCUT2D eigenvalue weighted by atomic mass is 16.5. The number of hydrogen-bond donors (Lipinski definition) is 1. The molecule has 0 spiro atoms. The topological polar surface area (TPSA) is 70.1 Å². The third-order valence-electron chi connectivity index (χ3n) is 5.18. The first-order chi connectivity index (χ1) is 11.5. The molecule has 3 rings (SSSR count). The van der Waals surface area contributed by atoms with Gasteiger partial charge in [0.2, 0.25) is 0 Å². The number of piperidine rings is 1. The fourth-order valence-electron chi connectivity index (χ4n) is 3.74. The first kappa shape index (κ1) is 16.9. The molecule has 1 atom stereocenters. The van der Waals surface area contributed by atoms with Gasteiger partial charge in [0.25, 0.3) is 5.91 Å². The van der Waals surface area contributed by atoms with Crippen LogP contribution in [0.3, 0.4) is 0 Å². The zero-order chi connectivity index (χ0) is 17.2. The van der Waals surface area contributed by atoms with E-state index in [1.54, 1.807) is 0 Å². The van der Waals surface area contributed by atoms with Crippen molar-refractivity contribution in [2.45, 2.75) is 25.4 Å². The number of hydrogen-bond acceptors (Lipinski definition) is 4. The van der Waals surface area contributed by atoms with Gasteiger partial charge < -0.3 is 14.7 Å². The highest BCUT2D eigenvalue weighted by Crippen LogP contribution is 2.35. The van der Waals surface area contributed by atoms with Crippen LogP contribution in [0.5, 0.6) is 0 Å². The van der Waals surface area contributed by atoms with E-state index in [9.17, 15) is 9.59 Å². The van der Waals surface area contributed by atoms with Crippen molar-refractivity contribution in [2.75, 3.05) is 37.7 Å². The average molecular weight is 332 g/mol. The second-order valence-electron chi connectivity index (χ2n) is 6.86. The molecule has 2 aliphatic rings. The van der Waals surface area contributed by atoms with Gasteiger partial charge in [-0.15, -0.1) is 0 Å². The molecule has 2 fully saturated rings. The maximum absolute atomic E-state index is 12.3. The third kappa shape index (κ3) is 3.60. The van der Waals surface area contributed by atoms with Crippen LogP contribution < -0.4 is 4.90 Å². The van der Waals surface area contributed by atoms with Crippen molar-refractivity contribution in [3.05, 3.63) is 30.3 Å². The molecule has 1 aromatic rings. The lowest BCUT2D eigenvalue weighted by molar-refractivity contribution is -0.147. The van der Waals surface area contributed by atoms with E-state index in [1.807, 2.05) is 40.1 Å². The number of carbonyl (C=O) groups excluding carboxylic acids is 1. The lowest BCUT2D eigenvalue weighted by atomic mass is 9.80. The first-order valence-electron chi connectivity index (χ1n) is 8.41. The smallest absolute Gasteiger partial charge is 0.317 e. The molecule has 2 heterocycles. The highest BCUT2D eigenvalue weighted by molar-refractivity contribution is 5.95. The molecular weight excluding hydrogens is 308 g/mol. The van der Waals surface area contributed by atoms with Gasteiger partial charge in [0, 0.05) is 5.69 Å². The van der Waals surface area contributed by atoms with Crippen LogP contribution in [0, 0.1) is 5.92 Å². The maximum Gasteiger partial charge on any atom is 0.317 e. The molecule has 130 valence electrons. The Morgan fingerprint density at radius 1 is 1.29 bits per heavy atom. The Morgan fingerprint density at radius 3 is 2.58 bits per heavy atom. The van der Waals surface area contributed by atoms with Crippen LogP contribution in [0.25, 0.3) is 0 Å². The lowest BCUT2D eigenvalue weighted by Gasteiger charge is -2.47. The normalized spacial score (nSPS) is 26.5. The van der Waals surface area contributed by atoms with Crippen LogP contribution in [0.2, 0.25) is 0 Å². The molecule has 0 radical (unpaired) electrons. The zero-order valence-corrected chi connectivity index (χ0v) is 14.0. The van der Waals surface area contributed by atoms with Gasteiger partial charge in [0.15, 0.2) is 0 Å². The van der Waals surface area contributed by atoms with Crippen molar-refractivity contribution in [1.82, 2.24) is 4.90 Å². The second-order valence-corrected chi connectivity index (χ2v) is 6.86. The maximum atomic E-state index is 12.3. The standard InChI is InChI=1S/C18H24N2O4/c1-18(14-7-9-19(10-8-14)11-17(22)23)13-20(16(21)12-24-18)15-5-3-2-4-6-15/h2-6,14H,7-13H2,1H3,(H,22,23)/t18-/m0/s1. The summed E-state index contributed by atoms with van der Waals surface area (Å²) in [6.07, 6.45) is 1.78. The van der Waals surface area contributed by atoms with E-state index in [2.05, 4.69) is 6.92 Å². The number of amides is 1. The summed E-state index contributed by atoms with van der Waals surface area (Å²) in [7, 11) is 0. The second kappa shape index (κ2) is 6.91. The minimum absolute atomic E-state index is 0.0120. The number of nitrogens with zero attached hydrogens (tertiary/aromatic N) is 2. The number of benzene rings is 1. The third-order valence-corrected chi connectivity index (χ3v) is 5.18. The van der Waals surface area contributed by atoms with Crippen LogP contribution >= 0.6 is 0 Å². The van der Waals surface area contributed by atoms with Gasteiger partial charge in [0.1, 0.15) is 6.61 Å². The van der Waals surface area contributed by atoms with Gasteiger partial charge in [-0.25, -0.2) is 0 Å². The van der Waals surface area contributed by atoms with Crippen LogP contribution in [-0.4, -0.2) is 60.3 Å². The summed E-state index contributed by atoms with van der Waals surface area (Å²) < 4.78 is 5.96. The predicted octanol–water partition coefficient (Wildman–Crippen LogP) is 1.61. The van der Waals surface area contributed by atoms with E-state index in [1.165, 1.54) is 0 Å². The van der Waals surface area contributed by atoms with Crippen LogP contribution in [0.1, 0.15) is 19.8 Å². The summed E-state index contributed by atoms with van der Waals surface area (Å²) in [5, 5.41) is 8.91. The van der Waals surface area contributed by atoms with Crippen molar-refractivity contribution < 1.29 is 19.4 Å². The molecule has 0 unspecified atom stereocenters. The number of anilines is 1. The van der Waals surface area contributed by atoms with Crippen LogP contribution in [0.15, 0.2) is 30.3 Å². The molecule has 2 aliphatic heterocycles. The molecule has 0 aromatic heterocycles. The fourth-order valence-corrected chi connectivity index (χ4v) is 3.74. The Hall–Kier alpha value is -1.92. The summed E-state index contributed by atoms with van der Waals surface area (Å²) in [6, 6.07) is 9.68. The minimum atomic E-state index is -0.783. The van der Waals surface area contributed by atoms with Gasteiger partial charge in [-0.3, -0.25) is 14.5 Å². The van der Waals surface area contributed by atoms with E-state index in [0.717, 1.165) is 31.6 Å². The van der Waals surface area contributed by atoms with Gasteiger partial charge in [-0.05, 0) is 50.9 Å². The monoisotopic (exact) mass is 332 g/mol. The van der Waals surface area contributed by atoms with Crippen LogP contribution in [-0.2, 0) is 14.3 Å². The van der Waals surface area contributed by atoms with Crippen LogP contribution in [0.4, 0.5) is 5.69 Å². The molecule has 0 bridgehead atoms. The number of para-hydroxylation sites is 1. The van der Waals surface area contributed by atoms with E-state index >= 15 is 0 Å². The number of aliphatic carboxylic acids is 1. The van der Waals surface area contributed by atoms with Gasteiger partial charge >= 0.3 is 5.97 Å². The number of likely N-dealkylation sites (tertiary alicyclic amines) is 1. The molecule has 0 saturated carbocycles. The quantitative estimate of drug-likeness (QED) is 0.907. The zero-order valence-electron chi connectivity index (χ0n) is 14.0. The summed E-state index contributed by atoms with van der Waals surface area (Å²) in [6.45, 7) is 4.33. The number of carbonyl (C=O) groups is 2. The number of rotatable bonds is 4. The average Bonchev–Trinajstić information content (AvgIpc) is 2.58. The number of carboxylic acid groups (broad SMARTS) is 1. The molecule has 24 heavy (non-hydrogen) atoms. The summed E-state index contributed by atoms with van der Waals surface area (Å²) >= 11 is 0.